The number of rotatable bonds is 2. The highest BCUT2D eigenvalue weighted by molar-refractivity contribution is 7.89. The topological polar surface area (TPSA) is 110 Å². The number of sulfonamides is 1. The molecule has 0 saturated heterocycles. The summed E-state index contributed by atoms with van der Waals surface area (Å²) in [5.74, 6) is 0. The SMILES string of the molecule is N#CCc1cc(N)cc(S(N)(=O)=O)c1. The third-order valence-corrected chi connectivity index (χ3v) is 2.49. The number of anilines is 1. The van der Waals surface area contributed by atoms with Crippen molar-refractivity contribution in [3.05, 3.63) is 23.8 Å². The van der Waals surface area contributed by atoms with Crippen LogP contribution in [0.25, 0.3) is 0 Å². The molecule has 14 heavy (non-hydrogen) atoms. The minimum atomic E-state index is -3.76. The van der Waals surface area contributed by atoms with Gasteiger partial charge >= 0.3 is 0 Å². The first-order chi connectivity index (χ1) is 6.43. The van der Waals surface area contributed by atoms with Crippen molar-refractivity contribution in [2.24, 2.45) is 5.14 Å². The molecule has 0 fully saturated rings. The molecule has 1 rings (SSSR count). The fourth-order valence-corrected chi connectivity index (χ4v) is 1.66. The summed E-state index contributed by atoms with van der Waals surface area (Å²) in [6, 6.07) is 6.04. The zero-order valence-electron chi connectivity index (χ0n) is 7.27. The average molecular weight is 211 g/mol. The fraction of sp³-hybridized carbons (Fsp3) is 0.125. The normalized spacial score (nSPS) is 10.9. The maximum absolute atomic E-state index is 11.0. The highest BCUT2D eigenvalue weighted by atomic mass is 32.2. The van der Waals surface area contributed by atoms with Crippen molar-refractivity contribution in [2.75, 3.05) is 5.73 Å². The van der Waals surface area contributed by atoms with Crippen LogP contribution in [0.2, 0.25) is 0 Å². The van der Waals surface area contributed by atoms with Gasteiger partial charge in [-0.25, -0.2) is 13.6 Å². The Labute approximate surface area is 82.0 Å². The van der Waals surface area contributed by atoms with E-state index in [1.165, 1.54) is 18.2 Å². The molecule has 0 radical (unpaired) electrons. The second kappa shape index (κ2) is 3.65. The summed E-state index contributed by atoms with van der Waals surface area (Å²) in [7, 11) is -3.76. The third kappa shape index (κ3) is 2.45. The Kier molecular flexibility index (Phi) is 2.74. The summed E-state index contributed by atoms with van der Waals surface area (Å²) >= 11 is 0. The second-order valence-corrected chi connectivity index (χ2v) is 4.35. The fourth-order valence-electron chi connectivity index (χ4n) is 1.04. The average Bonchev–Trinajstić information content (AvgIpc) is 2.02. The lowest BCUT2D eigenvalue weighted by Crippen LogP contribution is -2.12. The quantitative estimate of drug-likeness (QED) is 0.670. The Morgan fingerprint density at radius 3 is 2.50 bits per heavy atom. The lowest BCUT2D eigenvalue weighted by molar-refractivity contribution is 0.597. The number of nitrogens with zero attached hydrogens (tertiary/aromatic N) is 1. The molecule has 4 N–H and O–H groups in total. The van der Waals surface area contributed by atoms with Gasteiger partial charge in [0.1, 0.15) is 0 Å². The van der Waals surface area contributed by atoms with E-state index in [0.717, 1.165) is 0 Å². The van der Waals surface area contributed by atoms with Crippen LogP contribution in [-0.2, 0) is 16.4 Å². The van der Waals surface area contributed by atoms with E-state index in [0.29, 0.717) is 5.56 Å². The Hall–Kier alpha value is -1.58. The molecule has 6 heteroatoms. The van der Waals surface area contributed by atoms with Gasteiger partial charge in [0.2, 0.25) is 10.0 Å². The smallest absolute Gasteiger partial charge is 0.238 e. The Bertz CT molecular complexity index is 488. The molecule has 0 aliphatic rings. The molecule has 0 atom stereocenters. The van der Waals surface area contributed by atoms with Crippen molar-refractivity contribution in [3.63, 3.8) is 0 Å². The van der Waals surface area contributed by atoms with Crippen LogP contribution < -0.4 is 10.9 Å². The van der Waals surface area contributed by atoms with E-state index in [9.17, 15) is 8.42 Å². The Balaban J connectivity index is 3.29. The van der Waals surface area contributed by atoms with E-state index in [-0.39, 0.29) is 17.0 Å². The summed E-state index contributed by atoms with van der Waals surface area (Å²) < 4.78 is 22.0. The zero-order chi connectivity index (χ0) is 10.8. The van der Waals surface area contributed by atoms with Crippen LogP contribution in [0.1, 0.15) is 5.56 Å². The van der Waals surface area contributed by atoms with Crippen LogP contribution >= 0.6 is 0 Å². The predicted molar refractivity (Wildman–Crippen MR) is 51.5 cm³/mol. The molecule has 0 aromatic heterocycles. The van der Waals surface area contributed by atoms with E-state index in [1.807, 2.05) is 6.07 Å². The van der Waals surface area contributed by atoms with Crippen LogP contribution in [-0.4, -0.2) is 8.42 Å². The van der Waals surface area contributed by atoms with Gasteiger partial charge in [-0.2, -0.15) is 5.26 Å². The summed E-state index contributed by atoms with van der Waals surface area (Å²) in [4.78, 5) is -0.0669. The zero-order valence-corrected chi connectivity index (χ0v) is 8.08. The minimum absolute atomic E-state index is 0.0669. The largest absolute Gasteiger partial charge is 0.399 e. The lowest BCUT2D eigenvalue weighted by Gasteiger charge is -2.02. The van der Waals surface area contributed by atoms with E-state index in [1.54, 1.807) is 0 Å². The summed E-state index contributed by atoms with van der Waals surface area (Å²) in [5, 5.41) is 13.4. The van der Waals surface area contributed by atoms with Crippen molar-refractivity contribution in [1.29, 1.82) is 5.26 Å². The number of primary sulfonamides is 1. The van der Waals surface area contributed by atoms with Gasteiger partial charge in [-0.05, 0) is 23.8 Å². The molecule has 74 valence electrons. The van der Waals surface area contributed by atoms with Crippen LogP contribution in [0.4, 0.5) is 5.69 Å². The maximum atomic E-state index is 11.0. The number of benzene rings is 1. The molecule has 0 saturated carbocycles. The van der Waals surface area contributed by atoms with Gasteiger partial charge in [0.15, 0.2) is 0 Å². The highest BCUT2D eigenvalue weighted by Crippen LogP contribution is 2.15. The van der Waals surface area contributed by atoms with Crippen molar-refractivity contribution in [2.45, 2.75) is 11.3 Å². The summed E-state index contributed by atoms with van der Waals surface area (Å²) in [6.45, 7) is 0. The van der Waals surface area contributed by atoms with Gasteiger partial charge in [-0.1, -0.05) is 0 Å². The highest BCUT2D eigenvalue weighted by Gasteiger charge is 2.09. The summed E-state index contributed by atoms with van der Waals surface area (Å²) in [5.41, 5.74) is 6.27. The van der Waals surface area contributed by atoms with Crippen LogP contribution in [0.15, 0.2) is 23.1 Å². The van der Waals surface area contributed by atoms with E-state index >= 15 is 0 Å². The number of hydrogen-bond acceptors (Lipinski definition) is 4. The second-order valence-electron chi connectivity index (χ2n) is 2.79. The third-order valence-electron chi connectivity index (χ3n) is 1.60. The molecule has 0 unspecified atom stereocenters. The number of hydrogen-bond donors (Lipinski definition) is 2. The summed E-state index contributed by atoms with van der Waals surface area (Å²) in [6.07, 6.45) is 0.105. The van der Waals surface area contributed by atoms with Crippen LogP contribution in [0.5, 0.6) is 0 Å². The van der Waals surface area contributed by atoms with Crippen LogP contribution in [0, 0.1) is 11.3 Å². The number of nitrogen functional groups attached to an aromatic ring is 1. The first-order valence-corrected chi connectivity index (χ1v) is 5.27. The van der Waals surface area contributed by atoms with Gasteiger partial charge in [-0.15, -0.1) is 0 Å². The first-order valence-electron chi connectivity index (χ1n) is 3.72. The molecule has 1 aromatic rings. The standard InChI is InChI=1S/C8H9N3O2S/c9-2-1-6-3-7(10)5-8(4-6)14(11,12)13/h3-5H,1,10H2,(H2,11,12,13). The van der Waals surface area contributed by atoms with Crippen molar-refractivity contribution < 1.29 is 8.42 Å². The number of nitriles is 1. The molecular formula is C8H9N3O2S. The van der Waals surface area contributed by atoms with Gasteiger partial charge in [0, 0.05) is 5.69 Å². The molecule has 0 spiro atoms. The molecular weight excluding hydrogens is 202 g/mol. The molecule has 1 aromatic carbocycles. The van der Waals surface area contributed by atoms with Crippen LogP contribution in [0.3, 0.4) is 0 Å². The maximum Gasteiger partial charge on any atom is 0.238 e. The predicted octanol–water partition coefficient (Wildman–Crippen LogP) is -0.0177. The molecule has 0 amide bonds. The minimum Gasteiger partial charge on any atom is -0.399 e. The first kappa shape index (κ1) is 10.5. The van der Waals surface area contributed by atoms with Gasteiger partial charge < -0.3 is 5.73 Å². The van der Waals surface area contributed by atoms with Crippen molar-refractivity contribution in [3.8, 4) is 6.07 Å². The van der Waals surface area contributed by atoms with Gasteiger partial charge in [0.05, 0.1) is 17.4 Å². The van der Waals surface area contributed by atoms with Gasteiger partial charge in [-0.3, -0.25) is 0 Å². The Morgan fingerprint density at radius 1 is 1.36 bits per heavy atom. The monoisotopic (exact) mass is 211 g/mol. The van der Waals surface area contributed by atoms with Crippen molar-refractivity contribution in [1.82, 2.24) is 0 Å². The van der Waals surface area contributed by atoms with Crippen molar-refractivity contribution >= 4 is 15.7 Å². The molecule has 0 bridgehead atoms. The molecule has 0 heterocycles. The van der Waals surface area contributed by atoms with E-state index < -0.39 is 10.0 Å². The van der Waals surface area contributed by atoms with E-state index in [4.69, 9.17) is 16.1 Å². The lowest BCUT2D eigenvalue weighted by atomic mass is 10.1. The van der Waals surface area contributed by atoms with Gasteiger partial charge in [0.25, 0.3) is 0 Å². The number of nitrogens with two attached hydrogens (primary N) is 2. The molecule has 5 nitrogen and oxygen atoms in total. The molecule has 0 aliphatic heterocycles. The van der Waals surface area contributed by atoms with E-state index in [2.05, 4.69) is 0 Å². The Morgan fingerprint density at radius 2 is 2.00 bits per heavy atom. The molecule has 0 aliphatic carbocycles.